The molecule has 0 saturated heterocycles. The Bertz CT molecular complexity index is 298. The fourth-order valence-corrected chi connectivity index (χ4v) is 1.01. The summed E-state index contributed by atoms with van der Waals surface area (Å²) in [5.41, 5.74) is 1.02. The molecule has 0 amide bonds. The molecule has 0 saturated carbocycles. The SMILES string of the molecule is C/N=C(\C)c1c(O)cccc1O. The predicted octanol–water partition coefficient (Wildman–Crippen LogP) is 1.54. The van der Waals surface area contributed by atoms with Gasteiger partial charge >= 0.3 is 0 Å². The predicted molar refractivity (Wildman–Crippen MR) is 47.9 cm³/mol. The van der Waals surface area contributed by atoms with E-state index in [1.54, 1.807) is 20.0 Å². The van der Waals surface area contributed by atoms with Crippen LogP contribution in [0.3, 0.4) is 0 Å². The van der Waals surface area contributed by atoms with Crippen LogP contribution in [0.1, 0.15) is 12.5 Å². The van der Waals surface area contributed by atoms with Crippen molar-refractivity contribution < 1.29 is 10.2 Å². The van der Waals surface area contributed by atoms with Crippen LogP contribution in [0, 0.1) is 0 Å². The lowest BCUT2D eigenvalue weighted by Crippen LogP contribution is -1.94. The fourth-order valence-electron chi connectivity index (χ4n) is 1.01. The van der Waals surface area contributed by atoms with Crippen molar-refractivity contribution in [2.75, 3.05) is 7.05 Å². The number of aromatic hydroxyl groups is 2. The normalized spacial score (nSPS) is 11.7. The van der Waals surface area contributed by atoms with Gasteiger partial charge in [0, 0.05) is 12.8 Å². The molecule has 12 heavy (non-hydrogen) atoms. The minimum atomic E-state index is 0.0538. The van der Waals surface area contributed by atoms with Crippen LogP contribution in [0.4, 0.5) is 0 Å². The lowest BCUT2D eigenvalue weighted by atomic mass is 10.1. The zero-order valence-corrected chi connectivity index (χ0v) is 7.07. The van der Waals surface area contributed by atoms with Gasteiger partial charge in [0.05, 0.1) is 5.56 Å². The van der Waals surface area contributed by atoms with Crippen molar-refractivity contribution in [2.24, 2.45) is 4.99 Å². The molecule has 0 bridgehead atoms. The minimum absolute atomic E-state index is 0.0538. The molecule has 1 aromatic carbocycles. The van der Waals surface area contributed by atoms with Crippen molar-refractivity contribution in [2.45, 2.75) is 6.92 Å². The maximum atomic E-state index is 9.35. The van der Waals surface area contributed by atoms with E-state index in [4.69, 9.17) is 0 Å². The van der Waals surface area contributed by atoms with Gasteiger partial charge in [-0.15, -0.1) is 0 Å². The number of hydrogen-bond donors (Lipinski definition) is 2. The molecule has 0 aliphatic carbocycles. The molecular weight excluding hydrogens is 154 g/mol. The summed E-state index contributed by atoms with van der Waals surface area (Å²) in [5.74, 6) is 0.108. The van der Waals surface area contributed by atoms with Crippen LogP contribution in [0.2, 0.25) is 0 Å². The molecular formula is C9H11NO2. The van der Waals surface area contributed by atoms with E-state index >= 15 is 0 Å². The zero-order chi connectivity index (χ0) is 9.14. The Balaban J connectivity index is 3.31. The third-order valence-corrected chi connectivity index (χ3v) is 1.72. The topological polar surface area (TPSA) is 52.8 Å². The molecule has 3 heteroatoms. The van der Waals surface area contributed by atoms with Gasteiger partial charge in [-0.3, -0.25) is 4.99 Å². The Morgan fingerprint density at radius 3 is 2.17 bits per heavy atom. The van der Waals surface area contributed by atoms with Crippen LogP contribution in [-0.4, -0.2) is 23.0 Å². The van der Waals surface area contributed by atoms with Crippen molar-refractivity contribution in [1.82, 2.24) is 0 Å². The molecule has 3 nitrogen and oxygen atoms in total. The highest BCUT2D eigenvalue weighted by atomic mass is 16.3. The van der Waals surface area contributed by atoms with Gasteiger partial charge < -0.3 is 10.2 Å². The first-order valence-corrected chi connectivity index (χ1v) is 3.61. The third-order valence-electron chi connectivity index (χ3n) is 1.72. The molecule has 0 atom stereocenters. The quantitative estimate of drug-likeness (QED) is 0.620. The van der Waals surface area contributed by atoms with Crippen LogP contribution < -0.4 is 0 Å². The lowest BCUT2D eigenvalue weighted by molar-refractivity contribution is 0.448. The van der Waals surface area contributed by atoms with Crippen LogP contribution in [0.15, 0.2) is 23.2 Å². The zero-order valence-electron chi connectivity index (χ0n) is 7.07. The first-order valence-electron chi connectivity index (χ1n) is 3.61. The average molecular weight is 165 g/mol. The maximum Gasteiger partial charge on any atom is 0.128 e. The van der Waals surface area contributed by atoms with Gasteiger partial charge in [0.2, 0.25) is 0 Å². The molecule has 0 radical (unpaired) electrons. The number of hydrogen-bond acceptors (Lipinski definition) is 3. The fraction of sp³-hybridized carbons (Fsp3) is 0.222. The van der Waals surface area contributed by atoms with Gasteiger partial charge in [0.15, 0.2) is 0 Å². The van der Waals surface area contributed by atoms with Crippen LogP contribution in [0.25, 0.3) is 0 Å². The van der Waals surface area contributed by atoms with Crippen molar-refractivity contribution in [3.8, 4) is 11.5 Å². The molecule has 0 aliphatic heterocycles. The Morgan fingerprint density at radius 2 is 1.75 bits per heavy atom. The van der Waals surface area contributed by atoms with Gasteiger partial charge in [0.25, 0.3) is 0 Å². The summed E-state index contributed by atoms with van der Waals surface area (Å²) in [6.07, 6.45) is 0. The molecule has 1 rings (SSSR count). The smallest absolute Gasteiger partial charge is 0.128 e. The van der Waals surface area contributed by atoms with E-state index in [9.17, 15) is 10.2 Å². The summed E-state index contributed by atoms with van der Waals surface area (Å²) in [5, 5.41) is 18.7. The molecule has 0 aromatic heterocycles. The Kier molecular flexibility index (Phi) is 2.33. The van der Waals surface area contributed by atoms with E-state index in [1.807, 2.05) is 0 Å². The minimum Gasteiger partial charge on any atom is -0.507 e. The Hall–Kier alpha value is -1.51. The van der Waals surface area contributed by atoms with E-state index in [2.05, 4.69) is 4.99 Å². The summed E-state index contributed by atoms with van der Waals surface area (Å²) in [7, 11) is 1.61. The van der Waals surface area contributed by atoms with E-state index in [0.717, 1.165) is 0 Å². The monoisotopic (exact) mass is 165 g/mol. The van der Waals surface area contributed by atoms with Gasteiger partial charge in [-0.1, -0.05) is 6.07 Å². The number of nitrogens with zero attached hydrogens (tertiary/aromatic N) is 1. The molecule has 0 aliphatic rings. The summed E-state index contributed by atoms with van der Waals surface area (Å²) >= 11 is 0. The second-order valence-electron chi connectivity index (χ2n) is 2.48. The number of phenols is 2. The van der Waals surface area contributed by atoms with E-state index in [-0.39, 0.29) is 11.5 Å². The highest BCUT2D eigenvalue weighted by Crippen LogP contribution is 2.26. The number of benzene rings is 1. The number of phenolic OH excluding ortho intramolecular Hbond substituents is 2. The molecule has 0 heterocycles. The summed E-state index contributed by atoms with van der Waals surface area (Å²) in [4.78, 5) is 3.88. The third kappa shape index (κ3) is 1.39. The van der Waals surface area contributed by atoms with E-state index in [0.29, 0.717) is 11.3 Å². The first-order chi connectivity index (χ1) is 5.66. The highest BCUT2D eigenvalue weighted by molar-refractivity contribution is 6.03. The van der Waals surface area contributed by atoms with Crippen molar-refractivity contribution in [3.63, 3.8) is 0 Å². The first kappa shape index (κ1) is 8.59. The molecule has 1 aromatic rings. The van der Waals surface area contributed by atoms with Crippen LogP contribution >= 0.6 is 0 Å². The van der Waals surface area contributed by atoms with Crippen molar-refractivity contribution in [3.05, 3.63) is 23.8 Å². The van der Waals surface area contributed by atoms with Gasteiger partial charge in [-0.2, -0.15) is 0 Å². The van der Waals surface area contributed by atoms with Gasteiger partial charge in [-0.05, 0) is 19.1 Å². The summed E-state index contributed by atoms with van der Waals surface area (Å²) < 4.78 is 0. The molecule has 2 N–H and O–H groups in total. The standard InChI is InChI=1S/C9H11NO2/c1-6(10-2)9-7(11)4-3-5-8(9)12/h3-5,11-12H,1-2H3/b10-6+. The van der Waals surface area contributed by atoms with Crippen LogP contribution in [0.5, 0.6) is 11.5 Å². The van der Waals surface area contributed by atoms with E-state index < -0.39 is 0 Å². The molecule has 64 valence electrons. The van der Waals surface area contributed by atoms with Crippen LogP contribution in [-0.2, 0) is 0 Å². The molecule has 0 spiro atoms. The van der Waals surface area contributed by atoms with Crippen molar-refractivity contribution >= 4 is 5.71 Å². The van der Waals surface area contributed by atoms with Gasteiger partial charge in [0.1, 0.15) is 11.5 Å². The maximum absolute atomic E-state index is 9.35. The molecule has 0 unspecified atom stereocenters. The Labute approximate surface area is 71.0 Å². The lowest BCUT2D eigenvalue weighted by Gasteiger charge is -2.04. The summed E-state index contributed by atoms with van der Waals surface area (Å²) in [6, 6.07) is 4.62. The van der Waals surface area contributed by atoms with Gasteiger partial charge in [-0.25, -0.2) is 0 Å². The largest absolute Gasteiger partial charge is 0.507 e. The summed E-state index contributed by atoms with van der Waals surface area (Å²) in [6.45, 7) is 1.73. The van der Waals surface area contributed by atoms with E-state index in [1.165, 1.54) is 12.1 Å². The highest BCUT2D eigenvalue weighted by Gasteiger charge is 2.08. The Morgan fingerprint density at radius 1 is 1.25 bits per heavy atom. The number of aliphatic imine (C=N–C) groups is 1. The van der Waals surface area contributed by atoms with Crippen molar-refractivity contribution in [1.29, 1.82) is 0 Å². The second-order valence-corrected chi connectivity index (χ2v) is 2.48. The average Bonchev–Trinajstić information content (AvgIpc) is 2.03. The molecule has 0 fully saturated rings. The number of rotatable bonds is 1. The second kappa shape index (κ2) is 3.26.